The van der Waals surface area contributed by atoms with Crippen molar-refractivity contribution in [2.45, 2.75) is 33.2 Å². The Bertz CT molecular complexity index is 440. The third-order valence-electron chi connectivity index (χ3n) is 3.46. The number of hydrogen-bond donors (Lipinski definition) is 1. The zero-order valence-electron chi connectivity index (χ0n) is 10.7. The second-order valence-corrected chi connectivity index (χ2v) is 4.97. The molecule has 17 heavy (non-hydrogen) atoms. The fraction of sp³-hybridized carbons (Fsp3) is 0.500. The minimum atomic E-state index is 0.0473. The molecule has 3 heteroatoms. The molecule has 1 aliphatic rings. The summed E-state index contributed by atoms with van der Waals surface area (Å²) in [7, 11) is 0. The maximum absolute atomic E-state index is 11.8. The van der Waals surface area contributed by atoms with Crippen molar-refractivity contribution in [1.29, 1.82) is 0 Å². The van der Waals surface area contributed by atoms with Crippen molar-refractivity contribution < 1.29 is 4.79 Å². The average molecular weight is 232 g/mol. The second-order valence-electron chi connectivity index (χ2n) is 4.97. The normalized spacial score (nSPS) is 16.5. The van der Waals surface area contributed by atoms with Crippen LogP contribution in [0.2, 0.25) is 0 Å². The van der Waals surface area contributed by atoms with E-state index < -0.39 is 0 Å². The third-order valence-corrected chi connectivity index (χ3v) is 3.46. The molecule has 1 unspecified atom stereocenters. The Morgan fingerprint density at radius 1 is 1.41 bits per heavy atom. The minimum absolute atomic E-state index is 0.0473. The Balaban J connectivity index is 2.34. The molecule has 0 spiro atoms. The number of rotatable bonds is 3. The highest BCUT2D eigenvalue weighted by atomic mass is 16.2. The lowest BCUT2D eigenvalue weighted by atomic mass is 9.95. The molecule has 2 rings (SSSR count). The summed E-state index contributed by atoms with van der Waals surface area (Å²) in [6, 6.07) is 6.21. The number of nitrogens with two attached hydrogens (primary N) is 1. The van der Waals surface area contributed by atoms with Gasteiger partial charge in [-0.15, -0.1) is 0 Å². The van der Waals surface area contributed by atoms with Crippen molar-refractivity contribution in [3.8, 4) is 0 Å². The first kappa shape index (κ1) is 12.1. The summed E-state index contributed by atoms with van der Waals surface area (Å²) in [5, 5.41) is 0. The zero-order chi connectivity index (χ0) is 12.6. The van der Waals surface area contributed by atoms with E-state index in [1.54, 1.807) is 0 Å². The summed E-state index contributed by atoms with van der Waals surface area (Å²) < 4.78 is 0. The number of amides is 1. The lowest BCUT2D eigenvalue weighted by molar-refractivity contribution is -0.117. The molecule has 0 fully saturated rings. The molecule has 1 heterocycles. The number of fused-ring (bicyclic) bond motifs is 1. The van der Waals surface area contributed by atoms with E-state index in [0.29, 0.717) is 12.3 Å². The van der Waals surface area contributed by atoms with E-state index in [0.717, 1.165) is 23.4 Å². The summed E-state index contributed by atoms with van der Waals surface area (Å²) in [4.78, 5) is 13.6. The van der Waals surface area contributed by atoms with Gasteiger partial charge < -0.3 is 10.6 Å². The third kappa shape index (κ3) is 2.07. The van der Waals surface area contributed by atoms with Crippen molar-refractivity contribution in [2.24, 2.45) is 11.7 Å². The average Bonchev–Trinajstić information content (AvgIpc) is 2.61. The van der Waals surface area contributed by atoms with Crippen molar-refractivity contribution in [3.05, 3.63) is 29.3 Å². The van der Waals surface area contributed by atoms with E-state index >= 15 is 0 Å². The minimum Gasteiger partial charge on any atom is -0.324 e. The van der Waals surface area contributed by atoms with Crippen LogP contribution in [0.15, 0.2) is 18.2 Å². The van der Waals surface area contributed by atoms with E-state index in [-0.39, 0.29) is 11.9 Å². The van der Waals surface area contributed by atoms with E-state index in [1.165, 1.54) is 0 Å². The molecule has 0 aromatic heterocycles. The van der Waals surface area contributed by atoms with Crippen LogP contribution in [0.3, 0.4) is 0 Å². The van der Waals surface area contributed by atoms with Gasteiger partial charge in [0.1, 0.15) is 0 Å². The lowest BCUT2D eigenvalue weighted by Crippen LogP contribution is -2.25. The first-order valence-electron chi connectivity index (χ1n) is 6.23. The Morgan fingerprint density at radius 3 is 2.71 bits per heavy atom. The maximum atomic E-state index is 11.8. The first-order valence-corrected chi connectivity index (χ1v) is 6.23. The predicted octanol–water partition coefficient (Wildman–Crippen LogP) is 2.25. The van der Waals surface area contributed by atoms with Gasteiger partial charge in [0.25, 0.3) is 0 Å². The number of likely N-dealkylation sites (N-methyl/N-ethyl adjacent to an activating group) is 1. The number of benzene rings is 1. The maximum Gasteiger partial charge on any atom is 0.231 e. The number of anilines is 1. The monoisotopic (exact) mass is 232 g/mol. The highest BCUT2D eigenvalue weighted by molar-refractivity contribution is 6.01. The molecule has 1 atom stereocenters. The van der Waals surface area contributed by atoms with Crippen LogP contribution in [0.4, 0.5) is 5.69 Å². The van der Waals surface area contributed by atoms with Crippen molar-refractivity contribution in [3.63, 3.8) is 0 Å². The van der Waals surface area contributed by atoms with E-state index in [9.17, 15) is 4.79 Å². The molecule has 1 aromatic carbocycles. The molecule has 0 saturated carbocycles. The van der Waals surface area contributed by atoms with Gasteiger partial charge in [0.15, 0.2) is 0 Å². The SMILES string of the molecule is CCN1C(=O)Cc2cc(C(N)C(C)C)ccc21. The van der Waals surface area contributed by atoms with Crippen LogP contribution in [0.5, 0.6) is 0 Å². The van der Waals surface area contributed by atoms with Gasteiger partial charge in [-0.05, 0) is 30.0 Å². The molecule has 0 radical (unpaired) electrons. The fourth-order valence-corrected chi connectivity index (χ4v) is 2.34. The van der Waals surface area contributed by atoms with E-state index in [1.807, 2.05) is 24.0 Å². The molecular formula is C14H20N2O. The molecule has 1 aliphatic heterocycles. The molecule has 0 saturated heterocycles. The molecule has 3 nitrogen and oxygen atoms in total. The molecular weight excluding hydrogens is 212 g/mol. The van der Waals surface area contributed by atoms with E-state index in [2.05, 4.69) is 19.9 Å². The van der Waals surface area contributed by atoms with Gasteiger partial charge in [-0.1, -0.05) is 26.0 Å². The quantitative estimate of drug-likeness (QED) is 0.868. The molecule has 92 valence electrons. The van der Waals surface area contributed by atoms with Crippen molar-refractivity contribution in [1.82, 2.24) is 0 Å². The summed E-state index contributed by atoms with van der Waals surface area (Å²) >= 11 is 0. The van der Waals surface area contributed by atoms with Gasteiger partial charge in [0.05, 0.1) is 6.42 Å². The van der Waals surface area contributed by atoms with Crippen LogP contribution in [-0.4, -0.2) is 12.5 Å². The Labute approximate surface area is 103 Å². The van der Waals surface area contributed by atoms with Crippen LogP contribution < -0.4 is 10.6 Å². The predicted molar refractivity (Wildman–Crippen MR) is 69.9 cm³/mol. The Morgan fingerprint density at radius 2 is 2.12 bits per heavy atom. The number of carbonyl (C=O) groups is 1. The number of nitrogens with zero attached hydrogens (tertiary/aromatic N) is 1. The van der Waals surface area contributed by atoms with Gasteiger partial charge in [-0.3, -0.25) is 4.79 Å². The Kier molecular flexibility index (Phi) is 3.20. The van der Waals surface area contributed by atoms with Gasteiger partial charge in [-0.25, -0.2) is 0 Å². The van der Waals surface area contributed by atoms with Crippen LogP contribution in [0, 0.1) is 5.92 Å². The smallest absolute Gasteiger partial charge is 0.231 e. The largest absolute Gasteiger partial charge is 0.324 e. The number of carbonyl (C=O) groups excluding carboxylic acids is 1. The topological polar surface area (TPSA) is 46.3 Å². The standard InChI is InChI=1S/C14H20N2O/c1-4-16-12-6-5-10(14(15)9(2)3)7-11(12)8-13(16)17/h5-7,9,14H,4,8,15H2,1-3H3. The van der Waals surface area contributed by atoms with Crippen LogP contribution in [0.1, 0.15) is 37.9 Å². The Hall–Kier alpha value is -1.35. The molecule has 1 amide bonds. The fourth-order valence-electron chi connectivity index (χ4n) is 2.34. The summed E-state index contributed by atoms with van der Waals surface area (Å²) in [5.74, 6) is 0.602. The van der Waals surface area contributed by atoms with Crippen molar-refractivity contribution in [2.75, 3.05) is 11.4 Å². The van der Waals surface area contributed by atoms with Crippen LogP contribution in [-0.2, 0) is 11.2 Å². The second kappa shape index (κ2) is 4.49. The summed E-state index contributed by atoms with van der Waals surface area (Å²) in [6.07, 6.45) is 0.516. The van der Waals surface area contributed by atoms with E-state index in [4.69, 9.17) is 5.73 Å². The van der Waals surface area contributed by atoms with Gasteiger partial charge >= 0.3 is 0 Å². The molecule has 0 aliphatic carbocycles. The van der Waals surface area contributed by atoms with Crippen LogP contribution in [0.25, 0.3) is 0 Å². The van der Waals surface area contributed by atoms with Gasteiger partial charge in [0, 0.05) is 18.3 Å². The summed E-state index contributed by atoms with van der Waals surface area (Å²) in [6.45, 7) is 6.96. The number of hydrogen-bond acceptors (Lipinski definition) is 2. The molecule has 1 aromatic rings. The summed E-state index contributed by atoms with van der Waals surface area (Å²) in [5.41, 5.74) is 9.43. The highest BCUT2D eigenvalue weighted by Crippen LogP contribution is 2.31. The first-order chi connectivity index (χ1) is 8.04. The zero-order valence-corrected chi connectivity index (χ0v) is 10.7. The van der Waals surface area contributed by atoms with Crippen molar-refractivity contribution >= 4 is 11.6 Å². The molecule has 0 bridgehead atoms. The van der Waals surface area contributed by atoms with Gasteiger partial charge in [-0.2, -0.15) is 0 Å². The highest BCUT2D eigenvalue weighted by Gasteiger charge is 2.26. The van der Waals surface area contributed by atoms with Gasteiger partial charge in [0.2, 0.25) is 5.91 Å². The lowest BCUT2D eigenvalue weighted by Gasteiger charge is -2.18. The molecule has 2 N–H and O–H groups in total. The van der Waals surface area contributed by atoms with Crippen LogP contribution >= 0.6 is 0 Å².